The van der Waals surface area contributed by atoms with Crippen LogP contribution in [0.4, 0.5) is 0 Å². The zero-order valence-electron chi connectivity index (χ0n) is 12.2. The summed E-state index contributed by atoms with van der Waals surface area (Å²) in [5, 5.41) is 10.6. The average Bonchev–Trinajstić information content (AvgIpc) is 3.15. The largest absolute Gasteiger partial charge is 0.361 e. The molecule has 0 bridgehead atoms. The van der Waals surface area contributed by atoms with Gasteiger partial charge in [-0.25, -0.2) is 0 Å². The van der Waals surface area contributed by atoms with Gasteiger partial charge in [-0.1, -0.05) is 5.16 Å². The van der Waals surface area contributed by atoms with Gasteiger partial charge in [-0.2, -0.15) is 11.3 Å². The van der Waals surface area contributed by atoms with E-state index < -0.39 is 0 Å². The van der Waals surface area contributed by atoms with Crippen LogP contribution in [-0.2, 0) is 6.54 Å². The summed E-state index contributed by atoms with van der Waals surface area (Å²) in [5.41, 5.74) is 3.55. The van der Waals surface area contributed by atoms with Gasteiger partial charge in [0.15, 0.2) is 0 Å². The highest BCUT2D eigenvalue weighted by Crippen LogP contribution is 2.22. The standard InChI is InChI=1S/C15H14N4O2S/c1-9-13(10(2)21-19-9)15(20)18-7-12-14(17-5-4-16-12)11-3-6-22-8-11/h3-6,8H,7H2,1-2H3,(H,18,20). The van der Waals surface area contributed by atoms with E-state index in [2.05, 4.69) is 20.4 Å². The molecule has 0 atom stereocenters. The second kappa shape index (κ2) is 6.07. The molecule has 0 radical (unpaired) electrons. The number of amides is 1. The summed E-state index contributed by atoms with van der Waals surface area (Å²) in [4.78, 5) is 20.9. The summed E-state index contributed by atoms with van der Waals surface area (Å²) >= 11 is 1.59. The molecule has 0 unspecified atom stereocenters. The zero-order chi connectivity index (χ0) is 15.5. The predicted octanol–water partition coefficient (Wildman–Crippen LogP) is 2.74. The number of carbonyl (C=O) groups is 1. The number of thiophene rings is 1. The minimum absolute atomic E-state index is 0.224. The Balaban J connectivity index is 1.79. The number of hydrogen-bond donors (Lipinski definition) is 1. The van der Waals surface area contributed by atoms with Crippen molar-refractivity contribution in [2.24, 2.45) is 0 Å². The summed E-state index contributed by atoms with van der Waals surface area (Å²) in [6, 6.07) is 1.98. The molecule has 6 nitrogen and oxygen atoms in total. The Morgan fingerprint density at radius 1 is 1.32 bits per heavy atom. The maximum Gasteiger partial charge on any atom is 0.257 e. The monoisotopic (exact) mass is 314 g/mol. The van der Waals surface area contributed by atoms with E-state index in [-0.39, 0.29) is 5.91 Å². The summed E-state index contributed by atoms with van der Waals surface area (Å²) in [7, 11) is 0. The van der Waals surface area contributed by atoms with Crippen molar-refractivity contribution < 1.29 is 9.32 Å². The molecule has 0 aliphatic carbocycles. The first-order chi connectivity index (χ1) is 10.7. The lowest BCUT2D eigenvalue weighted by atomic mass is 10.1. The first kappa shape index (κ1) is 14.4. The van der Waals surface area contributed by atoms with Crippen molar-refractivity contribution in [1.82, 2.24) is 20.4 Å². The Bertz CT molecular complexity index is 776. The minimum atomic E-state index is -0.224. The van der Waals surface area contributed by atoms with Gasteiger partial charge in [0, 0.05) is 23.3 Å². The van der Waals surface area contributed by atoms with Crippen molar-refractivity contribution in [3.8, 4) is 11.3 Å². The Hall–Kier alpha value is -2.54. The normalized spacial score (nSPS) is 10.6. The Morgan fingerprint density at radius 3 is 2.82 bits per heavy atom. The minimum Gasteiger partial charge on any atom is -0.361 e. The van der Waals surface area contributed by atoms with Crippen LogP contribution in [0.2, 0.25) is 0 Å². The fraction of sp³-hybridized carbons (Fsp3) is 0.200. The van der Waals surface area contributed by atoms with Gasteiger partial charge in [0.25, 0.3) is 5.91 Å². The fourth-order valence-corrected chi connectivity index (χ4v) is 2.84. The van der Waals surface area contributed by atoms with Crippen LogP contribution in [0, 0.1) is 13.8 Å². The molecule has 0 aromatic carbocycles. The highest BCUT2D eigenvalue weighted by molar-refractivity contribution is 7.08. The van der Waals surface area contributed by atoms with Crippen molar-refractivity contribution in [1.29, 1.82) is 0 Å². The van der Waals surface area contributed by atoms with Gasteiger partial charge in [-0.05, 0) is 25.3 Å². The molecule has 1 amide bonds. The molecular weight excluding hydrogens is 300 g/mol. The van der Waals surface area contributed by atoms with Gasteiger partial charge in [0.1, 0.15) is 11.3 Å². The number of nitrogens with zero attached hydrogens (tertiary/aromatic N) is 3. The van der Waals surface area contributed by atoms with E-state index in [4.69, 9.17) is 4.52 Å². The summed E-state index contributed by atoms with van der Waals surface area (Å²) in [5.74, 6) is 0.283. The smallest absolute Gasteiger partial charge is 0.257 e. The molecule has 22 heavy (non-hydrogen) atoms. The van der Waals surface area contributed by atoms with Crippen molar-refractivity contribution in [2.45, 2.75) is 20.4 Å². The van der Waals surface area contributed by atoms with E-state index >= 15 is 0 Å². The number of carbonyl (C=O) groups excluding carboxylic acids is 1. The molecule has 0 spiro atoms. The maximum atomic E-state index is 12.3. The number of aromatic nitrogens is 3. The van der Waals surface area contributed by atoms with Crippen molar-refractivity contribution in [3.63, 3.8) is 0 Å². The third kappa shape index (κ3) is 2.75. The van der Waals surface area contributed by atoms with Crippen LogP contribution in [0.15, 0.2) is 33.7 Å². The summed E-state index contributed by atoms with van der Waals surface area (Å²) < 4.78 is 5.01. The van der Waals surface area contributed by atoms with Gasteiger partial charge in [0.05, 0.1) is 23.6 Å². The van der Waals surface area contributed by atoms with Gasteiger partial charge in [-0.3, -0.25) is 14.8 Å². The molecule has 3 aromatic heterocycles. The summed E-state index contributed by atoms with van der Waals surface area (Å²) in [6.07, 6.45) is 3.26. The lowest BCUT2D eigenvalue weighted by Crippen LogP contribution is -2.24. The Kier molecular flexibility index (Phi) is 3.97. The van der Waals surface area contributed by atoms with Gasteiger partial charge in [-0.15, -0.1) is 0 Å². The second-order valence-corrected chi connectivity index (χ2v) is 5.53. The SMILES string of the molecule is Cc1noc(C)c1C(=O)NCc1nccnc1-c1ccsc1. The fourth-order valence-electron chi connectivity index (χ4n) is 2.20. The third-order valence-corrected chi connectivity index (χ3v) is 3.93. The quantitative estimate of drug-likeness (QED) is 0.801. The van der Waals surface area contributed by atoms with E-state index in [0.717, 1.165) is 17.0 Å². The van der Waals surface area contributed by atoms with Crippen LogP contribution in [0.5, 0.6) is 0 Å². The van der Waals surface area contributed by atoms with E-state index in [9.17, 15) is 4.79 Å². The van der Waals surface area contributed by atoms with Crippen LogP contribution in [-0.4, -0.2) is 21.0 Å². The van der Waals surface area contributed by atoms with Crippen LogP contribution in [0.1, 0.15) is 27.5 Å². The number of rotatable bonds is 4. The molecular formula is C15H14N4O2S. The highest BCUT2D eigenvalue weighted by Gasteiger charge is 2.18. The van der Waals surface area contributed by atoms with Crippen LogP contribution in [0.3, 0.4) is 0 Å². The highest BCUT2D eigenvalue weighted by atomic mass is 32.1. The van der Waals surface area contributed by atoms with Gasteiger partial charge in [0.2, 0.25) is 0 Å². The summed E-state index contributed by atoms with van der Waals surface area (Å²) in [6.45, 7) is 3.75. The first-order valence-corrected chi connectivity index (χ1v) is 7.64. The topological polar surface area (TPSA) is 80.9 Å². The lowest BCUT2D eigenvalue weighted by Gasteiger charge is -2.07. The van der Waals surface area contributed by atoms with Crippen LogP contribution in [0.25, 0.3) is 11.3 Å². The molecule has 3 aromatic rings. The molecule has 3 rings (SSSR count). The Morgan fingerprint density at radius 2 is 2.14 bits per heavy atom. The molecule has 7 heteroatoms. The van der Waals surface area contributed by atoms with E-state index in [0.29, 0.717) is 23.6 Å². The van der Waals surface area contributed by atoms with Crippen molar-refractivity contribution in [3.05, 3.63) is 51.9 Å². The molecule has 0 aliphatic rings. The lowest BCUT2D eigenvalue weighted by molar-refractivity contribution is 0.0948. The Labute approximate surface area is 131 Å². The van der Waals surface area contributed by atoms with E-state index in [1.54, 1.807) is 37.6 Å². The van der Waals surface area contributed by atoms with Crippen LogP contribution >= 0.6 is 11.3 Å². The molecule has 0 fully saturated rings. The number of nitrogens with one attached hydrogen (secondary N) is 1. The van der Waals surface area contributed by atoms with Crippen LogP contribution < -0.4 is 5.32 Å². The van der Waals surface area contributed by atoms with Gasteiger partial charge < -0.3 is 9.84 Å². The number of hydrogen-bond acceptors (Lipinski definition) is 6. The molecule has 3 heterocycles. The zero-order valence-corrected chi connectivity index (χ0v) is 13.0. The first-order valence-electron chi connectivity index (χ1n) is 6.70. The molecule has 0 saturated heterocycles. The molecule has 1 N–H and O–H groups in total. The molecule has 0 aliphatic heterocycles. The maximum absolute atomic E-state index is 12.3. The van der Waals surface area contributed by atoms with E-state index in [1.165, 1.54) is 0 Å². The van der Waals surface area contributed by atoms with Gasteiger partial charge >= 0.3 is 0 Å². The number of aryl methyl sites for hydroxylation is 2. The predicted molar refractivity (Wildman–Crippen MR) is 82.5 cm³/mol. The second-order valence-electron chi connectivity index (χ2n) is 4.75. The van der Waals surface area contributed by atoms with E-state index in [1.807, 2.05) is 16.8 Å². The average molecular weight is 314 g/mol. The third-order valence-electron chi connectivity index (χ3n) is 3.25. The van der Waals surface area contributed by atoms with Crippen molar-refractivity contribution >= 4 is 17.2 Å². The molecule has 0 saturated carbocycles. The van der Waals surface area contributed by atoms with Crippen molar-refractivity contribution in [2.75, 3.05) is 0 Å². The molecule has 112 valence electrons.